The monoisotopic (exact) mass is 377 g/mol. The van der Waals surface area contributed by atoms with Gasteiger partial charge in [-0.25, -0.2) is 4.58 Å². The summed E-state index contributed by atoms with van der Waals surface area (Å²) < 4.78 is 1.96. The molecule has 28 heavy (non-hydrogen) atoms. The average Bonchev–Trinajstić information content (AvgIpc) is 2.69. The zero-order valence-electron chi connectivity index (χ0n) is 15.8. The molecule has 0 radical (unpaired) electrons. The zero-order chi connectivity index (χ0) is 19.9. The standard InChI is InChI=1S/C21H23N5O2/c1-15(23-6-7-24-20-12-26(2)13-20)17-4-3-5-19(9-17)25-21(28)18-8-16(14-27)10-22-11-18/h3-13,15,24,27H,14H2,1-2H3,(H,25,28). The number of aliphatic hydroxyl groups is 1. The van der Waals surface area contributed by atoms with E-state index in [0.29, 0.717) is 16.8 Å². The second-order valence-electron chi connectivity index (χ2n) is 6.48. The Bertz CT molecular complexity index is 949. The Hall–Kier alpha value is -3.45. The molecule has 0 aliphatic carbocycles. The van der Waals surface area contributed by atoms with E-state index < -0.39 is 0 Å². The molecule has 1 amide bonds. The van der Waals surface area contributed by atoms with Crippen LogP contribution >= 0.6 is 0 Å². The third-order valence-electron chi connectivity index (χ3n) is 4.19. The summed E-state index contributed by atoms with van der Waals surface area (Å²) in [6.07, 6.45) is 10.5. The first-order valence-electron chi connectivity index (χ1n) is 8.91. The fourth-order valence-corrected chi connectivity index (χ4v) is 2.67. The second-order valence-corrected chi connectivity index (χ2v) is 6.48. The highest BCUT2D eigenvalue weighted by Crippen LogP contribution is 2.24. The molecular formula is C21H23N5O2. The quantitative estimate of drug-likeness (QED) is 0.617. The maximum atomic E-state index is 12.4. The van der Waals surface area contributed by atoms with Crippen LogP contribution in [-0.4, -0.2) is 33.8 Å². The smallest absolute Gasteiger partial charge is 0.257 e. The van der Waals surface area contributed by atoms with Crippen LogP contribution in [0.1, 0.15) is 34.5 Å². The van der Waals surface area contributed by atoms with Crippen molar-refractivity contribution in [2.45, 2.75) is 19.6 Å². The molecule has 0 fully saturated rings. The van der Waals surface area contributed by atoms with Crippen molar-refractivity contribution in [1.29, 1.82) is 0 Å². The van der Waals surface area contributed by atoms with Gasteiger partial charge in [-0.1, -0.05) is 30.7 Å². The SMILES string of the molecule is CC([N-]C=CNC1=C[N+](C)=C1)c1cccc(NC(=O)c2cncc(CO)c2)c1. The van der Waals surface area contributed by atoms with E-state index in [0.717, 1.165) is 11.3 Å². The van der Waals surface area contributed by atoms with Gasteiger partial charge in [-0.05, 0) is 30.0 Å². The Labute approximate surface area is 164 Å². The number of carbonyl (C=O) groups is 1. The number of pyridine rings is 1. The lowest BCUT2D eigenvalue weighted by molar-refractivity contribution is -0.429. The van der Waals surface area contributed by atoms with Crippen molar-refractivity contribution in [3.63, 3.8) is 0 Å². The molecule has 0 bridgehead atoms. The van der Waals surface area contributed by atoms with Crippen molar-refractivity contribution >= 4 is 17.8 Å². The lowest BCUT2D eigenvalue weighted by Crippen LogP contribution is -2.21. The largest absolute Gasteiger partial charge is 0.683 e. The average molecular weight is 377 g/mol. The van der Waals surface area contributed by atoms with Crippen LogP contribution in [0.4, 0.5) is 5.69 Å². The van der Waals surface area contributed by atoms with Gasteiger partial charge in [0.25, 0.3) is 5.91 Å². The van der Waals surface area contributed by atoms with Crippen LogP contribution in [0.25, 0.3) is 5.32 Å². The van der Waals surface area contributed by atoms with Crippen LogP contribution in [0.3, 0.4) is 0 Å². The van der Waals surface area contributed by atoms with E-state index in [2.05, 4.69) is 20.9 Å². The van der Waals surface area contributed by atoms with Crippen molar-refractivity contribution in [1.82, 2.24) is 10.3 Å². The van der Waals surface area contributed by atoms with Gasteiger partial charge in [0, 0.05) is 18.1 Å². The molecule has 7 heteroatoms. The predicted molar refractivity (Wildman–Crippen MR) is 109 cm³/mol. The van der Waals surface area contributed by atoms with E-state index in [1.165, 1.54) is 12.4 Å². The minimum absolute atomic E-state index is 0.0590. The van der Waals surface area contributed by atoms with Gasteiger partial charge in [0.2, 0.25) is 0 Å². The van der Waals surface area contributed by atoms with Crippen molar-refractivity contribution in [2.75, 3.05) is 12.4 Å². The zero-order valence-corrected chi connectivity index (χ0v) is 15.8. The van der Waals surface area contributed by atoms with Gasteiger partial charge in [0.15, 0.2) is 18.1 Å². The summed E-state index contributed by atoms with van der Waals surface area (Å²) in [5.41, 5.74) is 3.69. The molecule has 1 atom stereocenters. The number of benzene rings is 1. The summed E-state index contributed by atoms with van der Waals surface area (Å²) in [6, 6.07) is 9.13. The highest BCUT2D eigenvalue weighted by atomic mass is 16.3. The van der Waals surface area contributed by atoms with Crippen LogP contribution in [0.5, 0.6) is 0 Å². The first-order valence-corrected chi connectivity index (χ1v) is 8.91. The molecule has 1 unspecified atom stereocenters. The van der Waals surface area contributed by atoms with Crippen LogP contribution < -0.4 is 10.6 Å². The Morgan fingerprint density at radius 1 is 1.36 bits per heavy atom. The van der Waals surface area contributed by atoms with E-state index in [1.54, 1.807) is 18.5 Å². The normalized spacial score (nSPS) is 14.0. The van der Waals surface area contributed by atoms with Gasteiger partial charge in [-0.15, -0.1) is 0 Å². The van der Waals surface area contributed by atoms with E-state index in [9.17, 15) is 9.90 Å². The molecule has 0 saturated carbocycles. The molecule has 2 aromatic rings. The number of allylic oxidation sites excluding steroid dienone is 1. The van der Waals surface area contributed by atoms with Crippen molar-refractivity contribution in [2.24, 2.45) is 0 Å². The number of aliphatic hydroxyl groups excluding tert-OH is 1. The molecule has 1 aromatic heterocycles. The summed E-state index contributed by atoms with van der Waals surface area (Å²) in [7, 11) is 1.97. The van der Waals surface area contributed by atoms with Gasteiger partial charge in [0.05, 0.1) is 12.2 Å². The Morgan fingerprint density at radius 2 is 2.18 bits per heavy atom. The number of aromatic nitrogens is 1. The number of carbonyl (C=O) groups excluding carboxylic acids is 1. The molecule has 1 aromatic carbocycles. The maximum absolute atomic E-state index is 12.4. The lowest BCUT2D eigenvalue weighted by atomic mass is 10.1. The van der Waals surface area contributed by atoms with Crippen LogP contribution in [0.2, 0.25) is 0 Å². The van der Waals surface area contributed by atoms with Crippen LogP contribution in [0.15, 0.2) is 67.0 Å². The van der Waals surface area contributed by atoms with E-state index in [1.807, 2.05) is 55.2 Å². The Kier molecular flexibility index (Phi) is 6.18. The molecule has 3 rings (SSSR count). The molecular weight excluding hydrogens is 354 g/mol. The number of nitrogens with one attached hydrogen (secondary N) is 2. The fourth-order valence-electron chi connectivity index (χ4n) is 2.67. The van der Waals surface area contributed by atoms with Crippen LogP contribution in [0, 0.1) is 0 Å². The number of hydrogen-bond acceptors (Lipinski definition) is 4. The molecule has 144 valence electrons. The van der Waals surface area contributed by atoms with E-state index in [-0.39, 0.29) is 18.6 Å². The Balaban J connectivity index is 1.57. The van der Waals surface area contributed by atoms with E-state index >= 15 is 0 Å². The van der Waals surface area contributed by atoms with Gasteiger partial charge < -0.3 is 21.1 Å². The maximum Gasteiger partial charge on any atom is 0.257 e. The summed E-state index contributed by atoms with van der Waals surface area (Å²) in [5, 5.41) is 19.7. The number of rotatable bonds is 8. The minimum atomic E-state index is -0.274. The highest BCUT2D eigenvalue weighted by molar-refractivity contribution is 6.04. The molecule has 3 N–H and O–H groups in total. The number of amides is 1. The highest BCUT2D eigenvalue weighted by Gasteiger charge is 2.09. The molecule has 0 saturated heterocycles. The number of anilines is 1. The third-order valence-corrected chi connectivity index (χ3v) is 4.19. The summed E-state index contributed by atoms with van der Waals surface area (Å²) in [4.78, 5) is 16.4. The minimum Gasteiger partial charge on any atom is -0.683 e. The first-order chi connectivity index (χ1) is 13.5. The van der Waals surface area contributed by atoms with Gasteiger partial charge >= 0.3 is 0 Å². The second kappa shape index (κ2) is 8.96. The van der Waals surface area contributed by atoms with E-state index in [4.69, 9.17) is 0 Å². The third kappa shape index (κ3) is 5.05. The van der Waals surface area contributed by atoms with Crippen molar-refractivity contribution in [3.8, 4) is 0 Å². The fraction of sp³-hybridized carbons (Fsp3) is 0.190. The topological polar surface area (TPSA) is 91.4 Å². The van der Waals surface area contributed by atoms with Gasteiger partial charge in [-0.2, -0.15) is 6.20 Å². The molecule has 1 aliphatic rings. The van der Waals surface area contributed by atoms with Crippen molar-refractivity contribution < 1.29 is 14.5 Å². The first kappa shape index (κ1) is 19.3. The lowest BCUT2D eigenvalue weighted by Gasteiger charge is -2.26. The predicted octanol–water partition coefficient (Wildman–Crippen LogP) is 2.89. The summed E-state index contributed by atoms with van der Waals surface area (Å²) in [6.45, 7) is 1.83. The van der Waals surface area contributed by atoms with Gasteiger partial charge in [0.1, 0.15) is 7.05 Å². The summed E-state index contributed by atoms with van der Waals surface area (Å²) >= 11 is 0. The van der Waals surface area contributed by atoms with Gasteiger partial charge in [-0.3, -0.25) is 9.78 Å². The van der Waals surface area contributed by atoms with Crippen LogP contribution in [-0.2, 0) is 6.61 Å². The molecule has 7 nitrogen and oxygen atoms in total. The molecule has 1 aliphatic heterocycles. The Morgan fingerprint density at radius 3 is 2.93 bits per heavy atom. The number of nitrogens with zero attached hydrogens (tertiary/aromatic N) is 3. The molecule has 0 spiro atoms. The summed E-state index contributed by atoms with van der Waals surface area (Å²) in [5.74, 6) is -0.274. The molecule has 2 heterocycles. The number of hydrogen-bond donors (Lipinski definition) is 3. The van der Waals surface area contributed by atoms with Crippen molar-refractivity contribution in [3.05, 3.63) is 89.0 Å².